The van der Waals surface area contributed by atoms with Crippen LogP contribution in [0, 0.1) is 5.82 Å². The summed E-state index contributed by atoms with van der Waals surface area (Å²) in [6.07, 6.45) is -0.142. The number of carbonyl (C=O) groups is 5. The van der Waals surface area contributed by atoms with Crippen molar-refractivity contribution in [2.75, 3.05) is 19.6 Å². The lowest BCUT2D eigenvalue weighted by molar-refractivity contribution is -0.140. The van der Waals surface area contributed by atoms with Gasteiger partial charge in [-0.2, -0.15) is 0 Å². The Morgan fingerprint density at radius 3 is 2.51 bits per heavy atom. The van der Waals surface area contributed by atoms with Crippen LogP contribution in [0.1, 0.15) is 38.3 Å². The molecule has 1 aromatic carbocycles. The molecule has 2 unspecified atom stereocenters. The normalized spacial score (nSPS) is 18.6. The third kappa shape index (κ3) is 7.83. The zero-order valence-electron chi connectivity index (χ0n) is 23.4. The Morgan fingerprint density at radius 1 is 1.22 bits per heavy atom. The molecule has 1 saturated heterocycles. The molecule has 2 aliphatic rings. The van der Waals surface area contributed by atoms with E-state index in [4.69, 9.17) is 15.2 Å². The SMILES string of the molecule is C=CCN(CC(NC(=O)OC(C)(C)C)C(=O)N1C[C@H](OC(=O)N2Cc3cccc(F)c3C2)CC1C(N)=O)C(=O)C=C. The lowest BCUT2D eigenvalue weighted by Gasteiger charge is -2.31. The van der Waals surface area contributed by atoms with Crippen LogP contribution in [0.25, 0.3) is 0 Å². The van der Waals surface area contributed by atoms with Gasteiger partial charge in [-0.3, -0.25) is 19.3 Å². The van der Waals surface area contributed by atoms with Gasteiger partial charge in [-0.1, -0.05) is 24.8 Å². The number of amides is 5. The van der Waals surface area contributed by atoms with Crippen molar-refractivity contribution in [3.05, 3.63) is 60.5 Å². The van der Waals surface area contributed by atoms with Gasteiger partial charge in [0.1, 0.15) is 29.6 Å². The minimum atomic E-state index is -1.35. The van der Waals surface area contributed by atoms with Crippen LogP contribution in [0.15, 0.2) is 43.5 Å². The Labute approximate surface area is 237 Å². The third-order valence-electron chi connectivity index (χ3n) is 6.55. The second-order valence-corrected chi connectivity index (χ2v) is 10.8. The van der Waals surface area contributed by atoms with E-state index >= 15 is 0 Å². The predicted molar refractivity (Wildman–Crippen MR) is 145 cm³/mol. The summed E-state index contributed by atoms with van der Waals surface area (Å²) in [5.74, 6) is -2.52. The van der Waals surface area contributed by atoms with Gasteiger partial charge in [0.25, 0.3) is 0 Å². The van der Waals surface area contributed by atoms with E-state index in [1.807, 2.05) is 0 Å². The van der Waals surface area contributed by atoms with Crippen molar-refractivity contribution >= 4 is 29.9 Å². The molecule has 41 heavy (non-hydrogen) atoms. The van der Waals surface area contributed by atoms with E-state index in [9.17, 15) is 28.4 Å². The van der Waals surface area contributed by atoms with Crippen LogP contribution in [-0.4, -0.2) is 88.0 Å². The molecule has 0 aliphatic carbocycles. The van der Waals surface area contributed by atoms with Crippen LogP contribution < -0.4 is 11.1 Å². The number of hydrogen-bond donors (Lipinski definition) is 2. The molecule has 5 amide bonds. The minimum Gasteiger partial charge on any atom is -0.444 e. The van der Waals surface area contributed by atoms with E-state index in [1.54, 1.807) is 32.9 Å². The number of alkyl carbamates (subject to hydrolysis) is 1. The van der Waals surface area contributed by atoms with E-state index in [2.05, 4.69) is 18.5 Å². The molecule has 0 spiro atoms. The molecule has 3 atom stereocenters. The molecule has 3 N–H and O–H groups in total. The van der Waals surface area contributed by atoms with Crippen LogP contribution in [0.5, 0.6) is 0 Å². The van der Waals surface area contributed by atoms with Gasteiger partial charge in [0.2, 0.25) is 17.7 Å². The van der Waals surface area contributed by atoms with E-state index < -0.39 is 59.5 Å². The van der Waals surface area contributed by atoms with E-state index in [0.717, 1.165) is 11.0 Å². The van der Waals surface area contributed by atoms with Gasteiger partial charge in [0.15, 0.2) is 0 Å². The number of nitrogens with one attached hydrogen (secondary N) is 1. The van der Waals surface area contributed by atoms with Crippen molar-refractivity contribution in [2.24, 2.45) is 5.73 Å². The number of rotatable bonds is 9. The monoisotopic (exact) mass is 573 g/mol. The fourth-order valence-corrected chi connectivity index (χ4v) is 4.72. The second-order valence-electron chi connectivity index (χ2n) is 10.8. The molecule has 1 fully saturated rings. The summed E-state index contributed by atoms with van der Waals surface area (Å²) in [4.78, 5) is 67.7. The number of fused-ring (bicyclic) bond motifs is 1. The first-order chi connectivity index (χ1) is 19.2. The van der Waals surface area contributed by atoms with Gasteiger partial charge in [-0.15, -0.1) is 6.58 Å². The predicted octanol–water partition coefficient (Wildman–Crippen LogP) is 1.83. The fraction of sp³-hybridized carbons (Fsp3) is 0.464. The Kier molecular flexibility index (Phi) is 9.74. The second kappa shape index (κ2) is 12.8. The number of hydrogen-bond acceptors (Lipinski definition) is 7. The summed E-state index contributed by atoms with van der Waals surface area (Å²) in [5.41, 5.74) is 5.77. The largest absolute Gasteiger partial charge is 0.444 e. The topological polar surface area (TPSA) is 152 Å². The lowest BCUT2D eigenvalue weighted by Crippen LogP contribution is -2.57. The number of nitrogens with two attached hydrogens (primary N) is 1. The summed E-state index contributed by atoms with van der Waals surface area (Å²) >= 11 is 0. The molecule has 0 radical (unpaired) electrons. The standard InChI is InChI=1S/C28H36FN5O7/c1-6-11-32(23(35)7-2)16-21(31-26(38)41-28(3,4)5)25(37)34-14-18(12-22(34)24(30)36)40-27(39)33-13-17-9-8-10-20(29)19(17)15-33/h6-10,18,21-22H,1-2,11-16H2,3-5H3,(H2,30,36)(H,31,38)/t18-,21?,22?/m1/s1. The highest BCUT2D eigenvalue weighted by Gasteiger charge is 2.44. The van der Waals surface area contributed by atoms with Crippen molar-refractivity contribution in [3.63, 3.8) is 0 Å². The molecular formula is C28H36FN5O7. The van der Waals surface area contributed by atoms with E-state index in [-0.39, 0.29) is 39.1 Å². The molecule has 12 nitrogen and oxygen atoms in total. The van der Waals surface area contributed by atoms with Crippen LogP contribution in [0.4, 0.5) is 14.0 Å². The highest BCUT2D eigenvalue weighted by atomic mass is 19.1. The fourth-order valence-electron chi connectivity index (χ4n) is 4.72. The Bertz CT molecular complexity index is 1230. The summed E-state index contributed by atoms with van der Waals surface area (Å²) in [6, 6.07) is 2.09. The number of halogens is 1. The molecule has 0 bridgehead atoms. The lowest BCUT2D eigenvalue weighted by atomic mass is 10.1. The Hall–Kier alpha value is -4.42. The number of benzene rings is 1. The summed E-state index contributed by atoms with van der Waals surface area (Å²) in [5, 5.41) is 2.47. The third-order valence-corrected chi connectivity index (χ3v) is 6.55. The van der Waals surface area contributed by atoms with Gasteiger partial charge >= 0.3 is 12.2 Å². The first-order valence-corrected chi connectivity index (χ1v) is 13.1. The first-order valence-electron chi connectivity index (χ1n) is 13.1. The summed E-state index contributed by atoms with van der Waals surface area (Å²) in [6.45, 7) is 11.7. The Balaban J connectivity index is 1.77. The van der Waals surface area contributed by atoms with Gasteiger partial charge < -0.3 is 30.3 Å². The maximum atomic E-state index is 14.1. The van der Waals surface area contributed by atoms with Gasteiger partial charge in [-0.05, 0) is 38.5 Å². The molecule has 2 aliphatic heterocycles. The maximum Gasteiger partial charge on any atom is 0.410 e. The molecule has 2 heterocycles. The highest BCUT2D eigenvalue weighted by Crippen LogP contribution is 2.28. The quantitative estimate of drug-likeness (QED) is 0.338. The highest BCUT2D eigenvalue weighted by molar-refractivity contribution is 5.93. The van der Waals surface area contributed by atoms with Gasteiger partial charge in [0.05, 0.1) is 19.6 Å². The molecule has 0 saturated carbocycles. The molecule has 1 aromatic rings. The van der Waals surface area contributed by atoms with Gasteiger partial charge in [0, 0.05) is 25.1 Å². The number of carbonyl (C=O) groups excluding carboxylic acids is 5. The molecular weight excluding hydrogens is 537 g/mol. The summed E-state index contributed by atoms with van der Waals surface area (Å²) < 4.78 is 25.0. The smallest absolute Gasteiger partial charge is 0.410 e. The zero-order valence-corrected chi connectivity index (χ0v) is 23.4. The van der Waals surface area contributed by atoms with E-state index in [1.165, 1.54) is 21.9 Å². The van der Waals surface area contributed by atoms with Crippen LogP contribution >= 0.6 is 0 Å². The van der Waals surface area contributed by atoms with Crippen molar-refractivity contribution in [2.45, 2.75) is 64.1 Å². The van der Waals surface area contributed by atoms with Crippen molar-refractivity contribution in [1.29, 1.82) is 0 Å². The van der Waals surface area contributed by atoms with Crippen molar-refractivity contribution in [3.8, 4) is 0 Å². The molecule has 13 heteroatoms. The van der Waals surface area contributed by atoms with Crippen LogP contribution in [0.3, 0.4) is 0 Å². The molecule has 0 aromatic heterocycles. The average molecular weight is 574 g/mol. The summed E-state index contributed by atoms with van der Waals surface area (Å²) in [7, 11) is 0. The average Bonchev–Trinajstić information content (AvgIpc) is 3.51. The number of likely N-dealkylation sites (tertiary alicyclic amines) is 1. The molecule has 222 valence electrons. The van der Waals surface area contributed by atoms with Gasteiger partial charge in [-0.25, -0.2) is 14.0 Å². The van der Waals surface area contributed by atoms with Crippen LogP contribution in [0.2, 0.25) is 0 Å². The molecule has 3 rings (SSSR count). The minimum absolute atomic E-state index is 0.0216. The van der Waals surface area contributed by atoms with Crippen LogP contribution in [-0.2, 0) is 36.9 Å². The maximum absolute atomic E-state index is 14.1. The first kappa shape index (κ1) is 31.1. The van der Waals surface area contributed by atoms with Crippen molar-refractivity contribution < 1.29 is 37.8 Å². The van der Waals surface area contributed by atoms with E-state index in [0.29, 0.717) is 11.1 Å². The number of ether oxygens (including phenoxy) is 2. The van der Waals surface area contributed by atoms with Crippen molar-refractivity contribution in [1.82, 2.24) is 20.0 Å². The Morgan fingerprint density at radius 2 is 1.93 bits per heavy atom. The number of nitrogens with zero attached hydrogens (tertiary/aromatic N) is 3. The number of primary amides is 1. The zero-order chi connectivity index (χ0) is 30.5.